The van der Waals surface area contributed by atoms with E-state index in [9.17, 15) is 0 Å². The normalized spacial score (nSPS) is 12.3. The third-order valence-corrected chi connectivity index (χ3v) is 4.96. The Kier molecular flexibility index (Phi) is 22.4. The van der Waals surface area contributed by atoms with Gasteiger partial charge in [0.1, 0.15) is 6.61 Å². The first-order valence-corrected chi connectivity index (χ1v) is 12.5. The summed E-state index contributed by atoms with van der Waals surface area (Å²) in [7, 11) is 0. The first kappa shape index (κ1) is 29.7. The van der Waals surface area contributed by atoms with E-state index in [1.807, 2.05) is 12.2 Å². The van der Waals surface area contributed by atoms with Crippen molar-refractivity contribution in [3.8, 4) is 0 Å². The Hall–Kier alpha value is -1.30. The number of rotatable bonds is 23. The molecule has 0 radical (unpaired) electrons. The average Bonchev–Trinajstić information content (AvgIpc) is 2.75. The van der Waals surface area contributed by atoms with Crippen LogP contribution < -0.4 is 10.6 Å². The van der Waals surface area contributed by atoms with Gasteiger partial charge in [0, 0.05) is 24.3 Å². The van der Waals surface area contributed by atoms with Gasteiger partial charge in [-0.15, -0.1) is 0 Å². The second kappa shape index (κ2) is 23.4. The molecule has 0 unspecified atom stereocenters. The Labute approximate surface area is 192 Å². The molecule has 0 aliphatic carbocycles. The largest absolute Gasteiger partial charge is 0.499 e. The van der Waals surface area contributed by atoms with E-state index in [-0.39, 0.29) is 0 Å². The van der Waals surface area contributed by atoms with E-state index < -0.39 is 0 Å². The van der Waals surface area contributed by atoms with Gasteiger partial charge in [-0.2, -0.15) is 0 Å². The fourth-order valence-corrected chi connectivity index (χ4v) is 3.50. The number of hydrogen-bond donors (Lipinski definition) is 2. The minimum atomic E-state index is 0.494. The van der Waals surface area contributed by atoms with Crippen LogP contribution in [0.25, 0.3) is 0 Å². The van der Waals surface area contributed by atoms with Gasteiger partial charge in [0.2, 0.25) is 0 Å². The second-order valence-electron chi connectivity index (χ2n) is 7.90. The number of allylic oxidation sites excluding steroid dienone is 3. The van der Waals surface area contributed by atoms with Gasteiger partial charge in [0.25, 0.3) is 0 Å². The summed E-state index contributed by atoms with van der Waals surface area (Å²) in [5.74, 6) is 0. The zero-order valence-corrected chi connectivity index (χ0v) is 20.8. The van der Waals surface area contributed by atoms with Crippen molar-refractivity contribution in [1.29, 1.82) is 0 Å². The van der Waals surface area contributed by atoms with Gasteiger partial charge in [-0.1, -0.05) is 66.0 Å². The van der Waals surface area contributed by atoms with Crippen LogP contribution in [-0.4, -0.2) is 51.7 Å². The minimum absolute atomic E-state index is 0.494. The molecule has 0 aliphatic heterocycles. The van der Waals surface area contributed by atoms with Crippen LogP contribution in [0.15, 0.2) is 36.8 Å². The third-order valence-electron chi connectivity index (χ3n) is 4.96. The Balaban J connectivity index is 3.80. The molecule has 0 saturated carbocycles. The summed E-state index contributed by atoms with van der Waals surface area (Å²) < 4.78 is 16.8. The van der Waals surface area contributed by atoms with Gasteiger partial charge in [-0.25, -0.2) is 0 Å². The summed E-state index contributed by atoms with van der Waals surface area (Å²) in [5, 5.41) is 7.16. The number of nitrogens with one attached hydrogen (secondary N) is 2. The molecule has 0 aliphatic rings. The van der Waals surface area contributed by atoms with Crippen LogP contribution in [0, 0.1) is 0 Å². The highest BCUT2D eigenvalue weighted by Gasteiger charge is 2.06. The molecule has 0 aromatic heterocycles. The Morgan fingerprint density at radius 3 is 1.90 bits per heavy atom. The van der Waals surface area contributed by atoms with Crippen molar-refractivity contribution in [3.63, 3.8) is 0 Å². The standard InChI is InChI=1S/C26H50N2O3/c1-6-11-24(12-7-2)27-17-19-30-21-23-31-22-20-29-18-16-26(15-10-5)28-25(13-8-3)14-9-4/h10,15-16,18,24-25,27-28H,5-9,11-14,17,19-23H2,1-4H3/b18-16+,26-15+. The molecule has 0 fully saturated rings. The van der Waals surface area contributed by atoms with Gasteiger partial charge >= 0.3 is 0 Å². The van der Waals surface area contributed by atoms with Gasteiger partial charge in [0.15, 0.2) is 0 Å². The SMILES string of the molecule is C=C/C=C(\C=C\OCCOCCOCCNC(CCC)CCC)NC(CCC)CCC. The summed E-state index contributed by atoms with van der Waals surface area (Å²) in [6.45, 7) is 16.7. The van der Waals surface area contributed by atoms with Crippen LogP contribution in [0.3, 0.4) is 0 Å². The van der Waals surface area contributed by atoms with E-state index in [0.717, 1.165) is 18.8 Å². The summed E-state index contributed by atoms with van der Waals surface area (Å²) in [4.78, 5) is 0. The predicted octanol–water partition coefficient (Wildman–Crippen LogP) is 5.74. The summed E-state index contributed by atoms with van der Waals surface area (Å²) >= 11 is 0. The van der Waals surface area contributed by atoms with Crippen LogP contribution in [0.1, 0.15) is 79.1 Å². The van der Waals surface area contributed by atoms with E-state index in [0.29, 0.717) is 38.5 Å². The predicted molar refractivity (Wildman–Crippen MR) is 133 cm³/mol. The quantitative estimate of drug-likeness (QED) is 0.121. The Morgan fingerprint density at radius 1 is 0.774 bits per heavy atom. The first-order chi connectivity index (χ1) is 15.2. The minimum Gasteiger partial charge on any atom is -0.499 e. The summed E-state index contributed by atoms with van der Waals surface area (Å²) in [5.41, 5.74) is 1.03. The van der Waals surface area contributed by atoms with Crippen LogP contribution >= 0.6 is 0 Å². The molecule has 0 saturated heterocycles. The molecule has 0 heterocycles. The zero-order chi connectivity index (χ0) is 23.0. The van der Waals surface area contributed by atoms with Crippen LogP contribution in [0.2, 0.25) is 0 Å². The van der Waals surface area contributed by atoms with Crippen LogP contribution in [0.4, 0.5) is 0 Å². The molecule has 0 amide bonds. The van der Waals surface area contributed by atoms with Crippen molar-refractivity contribution in [2.24, 2.45) is 0 Å². The van der Waals surface area contributed by atoms with Crippen molar-refractivity contribution >= 4 is 0 Å². The molecule has 0 atom stereocenters. The molecule has 0 spiro atoms. The maximum Gasteiger partial charge on any atom is 0.111 e. The first-order valence-electron chi connectivity index (χ1n) is 12.5. The molecule has 0 rings (SSSR count). The van der Waals surface area contributed by atoms with Crippen molar-refractivity contribution in [3.05, 3.63) is 36.8 Å². The molecule has 182 valence electrons. The zero-order valence-electron chi connectivity index (χ0n) is 20.8. The molecule has 31 heavy (non-hydrogen) atoms. The maximum absolute atomic E-state index is 5.64. The molecule has 0 aromatic carbocycles. The van der Waals surface area contributed by atoms with Crippen LogP contribution in [-0.2, 0) is 14.2 Å². The fraction of sp³-hybridized carbons (Fsp3) is 0.769. The van der Waals surface area contributed by atoms with Gasteiger partial charge < -0.3 is 24.8 Å². The molecule has 0 aromatic rings. The van der Waals surface area contributed by atoms with Crippen molar-refractivity contribution < 1.29 is 14.2 Å². The van der Waals surface area contributed by atoms with E-state index in [4.69, 9.17) is 14.2 Å². The van der Waals surface area contributed by atoms with Crippen molar-refractivity contribution in [2.75, 3.05) is 39.6 Å². The molecule has 0 bridgehead atoms. The number of ether oxygens (including phenoxy) is 3. The topological polar surface area (TPSA) is 51.8 Å². The monoisotopic (exact) mass is 438 g/mol. The lowest BCUT2D eigenvalue weighted by atomic mass is 10.1. The molecule has 5 nitrogen and oxygen atoms in total. The molecule has 2 N–H and O–H groups in total. The average molecular weight is 439 g/mol. The lowest BCUT2D eigenvalue weighted by molar-refractivity contribution is 0.0309. The van der Waals surface area contributed by atoms with Gasteiger partial charge in [-0.3, -0.25) is 0 Å². The second-order valence-corrected chi connectivity index (χ2v) is 7.90. The Morgan fingerprint density at radius 2 is 1.32 bits per heavy atom. The highest BCUT2D eigenvalue weighted by atomic mass is 16.5. The van der Waals surface area contributed by atoms with E-state index in [1.54, 1.807) is 12.3 Å². The maximum atomic E-state index is 5.64. The molecular weight excluding hydrogens is 388 g/mol. The van der Waals surface area contributed by atoms with E-state index in [2.05, 4.69) is 44.9 Å². The molecular formula is C26H50N2O3. The van der Waals surface area contributed by atoms with E-state index in [1.165, 1.54) is 51.4 Å². The fourth-order valence-electron chi connectivity index (χ4n) is 3.50. The highest BCUT2D eigenvalue weighted by molar-refractivity contribution is 5.20. The summed E-state index contributed by atoms with van der Waals surface area (Å²) in [6.07, 6.45) is 17.1. The third kappa shape index (κ3) is 19.1. The van der Waals surface area contributed by atoms with Gasteiger partial charge in [0.05, 0.1) is 32.7 Å². The smallest absolute Gasteiger partial charge is 0.111 e. The van der Waals surface area contributed by atoms with Crippen LogP contribution in [0.5, 0.6) is 0 Å². The lowest BCUT2D eigenvalue weighted by Crippen LogP contribution is -2.32. The van der Waals surface area contributed by atoms with E-state index >= 15 is 0 Å². The lowest BCUT2D eigenvalue weighted by Gasteiger charge is -2.19. The molecule has 5 heteroatoms. The van der Waals surface area contributed by atoms with Gasteiger partial charge in [-0.05, 0) is 37.8 Å². The highest BCUT2D eigenvalue weighted by Crippen LogP contribution is 2.08. The number of hydrogen-bond acceptors (Lipinski definition) is 5. The Bertz CT molecular complexity index is 440. The van der Waals surface area contributed by atoms with Crippen molar-refractivity contribution in [1.82, 2.24) is 10.6 Å². The summed E-state index contributed by atoms with van der Waals surface area (Å²) in [6, 6.07) is 1.12. The van der Waals surface area contributed by atoms with Crippen molar-refractivity contribution in [2.45, 2.75) is 91.1 Å².